The smallest absolute Gasteiger partial charge is 0.305 e. The molecule has 0 saturated carbocycles. The van der Waals surface area contributed by atoms with Gasteiger partial charge in [-0.1, -0.05) is 13.8 Å². The lowest BCUT2D eigenvalue weighted by Gasteiger charge is -2.08. The number of alkyl halides is 2. The van der Waals surface area contributed by atoms with Gasteiger partial charge in [-0.3, -0.25) is 4.79 Å². The summed E-state index contributed by atoms with van der Waals surface area (Å²) in [4.78, 5) is 11.0. The van der Waals surface area contributed by atoms with Crippen molar-refractivity contribution >= 4 is 29.2 Å². The van der Waals surface area contributed by atoms with Crippen molar-refractivity contribution < 1.29 is 9.53 Å². The minimum Gasteiger partial charge on any atom is -0.464 e. The normalized spacial score (nSPS) is 13.0. The maximum absolute atomic E-state index is 11.0. The van der Waals surface area contributed by atoms with Crippen LogP contribution < -0.4 is 0 Å². The van der Waals surface area contributed by atoms with Crippen molar-refractivity contribution in [2.24, 2.45) is 5.92 Å². The van der Waals surface area contributed by atoms with Gasteiger partial charge in [-0.15, -0.1) is 23.2 Å². The Balaban J connectivity index is 3.40. The molecule has 0 rings (SSSR count). The fourth-order valence-electron chi connectivity index (χ4n) is 0.707. The summed E-state index contributed by atoms with van der Waals surface area (Å²) in [6, 6.07) is 0. The maximum atomic E-state index is 11.0. The Morgan fingerprint density at radius 1 is 1.46 bits per heavy atom. The zero-order chi connectivity index (χ0) is 10.3. The second-order valence-electron chi connectivity index (χ2n) is 3.37. The molecule has 0 aromatic heterocycles. The molecule has 1 atom stereocenters. The van der Waals surface area contributed by atoms with E-state index in [2.05, 4.69) is 13.8 Å². The quantitative estimate of drug-likeness (QED) is 0.515. The van der Waals surface area contributed by atoms with E-state index in [0.717, 1.165) is 6.42 Å². The van der Waals surface area contributed by atoms with Crippen LogP contribution in [0, 0.1) is 5.92 Å². The predicted octanol–water partition coefficient (Wildman–Crippen LogP) is 2.81. The second-order valence-corrected chi connectivity index (χ2v) is 4.29. The van der Waals surface area contributed by atoms with Crippen LogP contribution in [0.25, 0.3) is 0 Å². The molecular formula is C9H16Cl2O2. The van der Waals surface area contributed by atoms with Crippen LogP contribution in [-0.4, -0.2) is 23.8 Å². The largest absolute Gasteiger partial charge is 0.464 e. The molecular weight excluding hydrogens is 211 g/mol. The Hall–Kier alpha value is 0.0500. The van der Waals surface area contributed by atoms with Gasteiger partial charge in [0, 0.05) is 12.3 Å². The van der Waals surface area contributed by atoms with Crippen LogP contribution in [0.5, 0.6) is 0 Å². The van der Waals surface area contributed by atoms with Crippen LogP contribution in [-0.2, 0) is 9.53 Å². The van der Waals surface area contributed by atoms with E-state index >= 15 is 0 Å². The molecule has 0 aliphatic carbocycles. The Labute approximate surface area is 89.5 Å². The van der Waals surface area contributed by atoms with Gasteiger partial charge >= 0.3 is 5.97 Å². The molecule has 0 heterocycles. The minimum atomic E-state index is -0.273. The fourth-order valence-corrected chi connectivity index (χ4v) is 0.859. The summed E-state index contributed by atoms with van der Waals surface area (Å²) in [6.45, 7) is 4.34. The van der Waals surface area contributed by atoms with Gasteiger partial charge in [0.05, 0.1) is 5.38 Å². The molecule has 0 N–H and O–H groups in total. The third-order valence-electron chi connectivity index (χ3n) is 1.52. The molecule has 0 fully saturated rings. The minimum absolute atomic E-state index is 0.190. The lowest BCUT2D eigenvalue weighted by molar-refractivity contribution is -0.143. The fraction of sp³-hybridized carbons (Fsp3) is 0.889. The number of carbonyl (C=O) groups is 1. The third kappa shape index (κ3) is 8.38. The van der Waals surface area contributed by atoms with E-state index in [1.807, 2.05) is 0 Å². The molecule has 1 unspecified atom stereocenters. The van der Waals surface area contributed by atoms with Crippen molar-refractivity contribution in [1.82, 2.24) is 0 Å². The highest BCUT2D eigenvalue weighted by Gasteiger charge is 2.08. The van der Waals surface area contributed by atoms with Crippen LogP contribution in [0.2, 0.25) is 0 Å². The number of carbonyl (C=O) groups excluding carboxylic acids is 1. The van der Waals surface area contributed by atoms with E-state index in [0.29, 0.717) is 18.2 Å². The van der Waals surface area contributed by atoms with Gasteiger partial charge < -0.3 is 4.74 Å². The summed E-state index contributed by atoms with van der Waals surface area (Å²) in [5, 5.41) is -0.273. The molecule has 0 radical (unpaired) electrons. The van der Waals surface area contributed by atoms with Crippen LogP contribution in [0.15, 0.2) is 0 Å². The SMILES string of the molecule is CC(C)CCC(=O)OCC(Cl)CCl. The van der Waals surface area contributed by atoms with E-state index in [1.54, 1.807) is 0 Å². The second kappa shape index (κ2) is 7.45. The van der Waals surface area contributed by atoms with E-state index in [-0.39, 0.29) is 18.0 Å². The molecule has 0 saturated heterocycles. The van der Waals surface area contributed by atoms with Crippen LogP contribution in [0.4, 0.5) is 0 Å². The van der Waals surface area contributed by atoms with Gasteiger partial charge in [-0.25, -0.2) is 0 Å². The molecule has 0 aliphatic rings. The van der Waals surface area contributed by atoms with E-state index in [1.165, 1.54) is 0 Å². The van der Waals surface area contributed by atoms with Crippen molar-refractivity contribution in [2.75, 3.05) is 12.5 Å². The Morgan fingerprint density at radius 2 is 2.08 bits per heavy atom. The van der Waals surface area contributed by atoms with Crippen molar-refractivity contribution in [3.63, 3.8) is 0 Å². The van der Waals surface area contributed by atoms with Crippen LogP contribution >= 0.6 is 23.2 Å². The number of esters is 1. The molecule has 0 bridgehead atoms. The Kier molecular flexibility index (Phi) is 7.48. The van der Waals surface area contributed by atoms with E-state index in [9.17, 15) is 4.79 Å². The number of rotatable bonds is 6. The molecule has 13 heavy (non-hydrogen) atoms. The summed E-state index contributed by atoms with van der Waals surface area (Å²) in [7, 11) is 0. The van der Waals surface area contributed by atoms with Crippen molar-refractivity contribution in [3.05, 3.63) is 0 Å². The van der Waals surface area contributed by atoms with E-state index < -0.39 is 0 Å². The molecule has 2 nitrogen and oxygen atoms in total. The van der Waals surface area contributed by atoms with Gasteiger partial charge in [-0.05, 0) is 12.3 Å². The number of ether oxygens (including phenoxy) is 1. The predicted molar refractivity (Wildman–Crippen MR) is 55.4 cm³/mol. The highest BCUT2D eigenvalue weighted by Crippen LogP contribution is 2.06. The highest BCUT2D eigenvalue weighted by molar-refractivity contribution is 6.28. The Bertz CT molecular complexity index is 149. The van der Waals surface area contributed by atoms with E-state index in [4.69, 9.17) is 27.9 Å². The topological polar surface area (TPSA) is 26.3 Å². The molecule has 0 aromatic rings. The monoisotopic (exact) mass is 226 g/mol. The van der Waals surface area contributed by atoms with Gasteiger partial charge in [0.1, 0.15) is 6.61 Å². The molecule has 4 heteroatoms. The van der Waals surface area contributed by atoms with Crippen LogP contribution in [0.3, 0.4) is 0 Å². The summed E-state index contributed by atoms with van der Waals surface area (Å²) >= 11 is 11.1. The third-order valence-corrected chi connectivity index (χ3v) is 2.33. The van der Waals surface area contributed by atoms with Gasteiger partial charge in [0.25, 0.3) is 0 Å². The molecule has 0 amide bonds. The number of hydrogen-bond acceptors (Lipinski definition) is 2. The summed E-state index contributed by atoms with van der Waals surface area (Å²) in [6.07, 6.45) is 1.32. The molecule has 0 aliphatic heterocycles. The van der Waals surface area contributed by atoms with Crippen molar-refractivity contribution in [2.45, 2.75) is 32.1 Å². The standard InChI is InChI=1S/C9H16Cl2O2/c1-7(2)3-4-9(12)13-6-8(11)5-10/h7-8H,3-6H2,1-2H3. The molecule has 0 spiro atoms. The van der Waals surface area contributed by atoms with Gasteiger partial charge in [0.2, 0.25) is 0 Å². The van der Waals surface area contributed by atoms with Crippen molar-refractivity contribution in [3.8, 4) is 0 Å². The summed E-state index contributed by atoms with van der Waals surface area (Å²) < 4.78 is 4.89. The first kappa shape index (κ1) is 13.1. The first-order valence-electron chi connectivity index (χ1n) is 4.42. The maximum Gasteiger partial charge on any atom is 0.305 e. The highest BCUT2D eigenvalue weighted by atomic mass is 35.5. The first-order chi connectivity index (χ1) is 6.06. The van der Waals surface area contributed by atoms with Gasteiger partial charge in [0.15, 0.2) is 0 Å². The number of hydrogen-bond donors (Lipinski definition) is 0. The average Bonchev–Trinajstić information content (AvgIpc) is 2.10. The van der Waals surface area contributed by atoms with Gasteiger partial charge in [-0.2, -0.15) is 0 Å². The lowest BCUT2D eigenvalue weighted by Crippen LogP contribution is -2.15. The number of halogens is 2. The van der Waals surface area contributed by atoms with Crippen LogP contribution in [0.1, 0.15) is 26.7 Å². The zero-order valence-corrected chi connectivity index (χ0v) is 9.57. The summed E-state index contributed by atoms with van der Waals surface area (Å²) in [5.41, 5.74) is 0. The molecule has 78 valence electrons. The lowest BCUT2D eigenvalue weighted by atomic mass is 10.1. The zero-order valence-electron chi connectivity index (χ0n) is 8.06. The van der Waals surface area contributed by atoms with Crippen molar-refractivity contribution in [1.29, 1.82) is 0 Å². The first-order valence-corrected chi connectivity index (χ1v) is 5.39. The summed E-state index contributed by atoms with van der Waals surface area (Å²) in [5.74, 6) is 0.635. The Morgan fingerprint density at radius 3 is 2.54 bits per heavy atom. The average molecular weight is 227 g/mol. The molecule has 0 aromatic carbocycles.